The monoisotopic (exact) mass is 1980 g/mol. The average molecular weight is 1980 g/mol. The molecule has 0 saturated heterocycles. The number of fused-ring (bicyclic) bond motifs is 6. The number of aliphatic hydroxyl groups excluding tert-OH is 4. The zero-order chi connectivity index (χ0) is 102. The molecule has 6 fully saturated rings. The van der Waals surface area contributed by atoms with Crippen LogP contribution in [0, 0.1) is 47.5 Å². The van der Waals surface area contributed by atoms with Crippen LogP contribution in [0.3, 0.4) is 0 Å². The summed E-state index contributed by atoms with van der Waals surface area (Å²) in [4.78, 5) is 26.8. The minimum Gasteiger partial charge on any atom is -0.473 e. The number of hydrogen-bond donors (Lipinski definition) is 11. The summed E-state index contributed by atoms with van der Waals surface area (Å²) in [6, 6.07) is 75.6. The van der Waals surface area contributed by atoms with E-state index in [9.17, 15) is 30.6 Å². The van der Waals surface area contributed by atoms with Gasteiger partial charge in [-0.25, -0.2) is 57.0 Å². The lowest BCUT2D eigenvalue weighted by atomic mass is 9.77. The highest BCUT2D eigenvalue weighted by molar-refractivity contribution is 5.70. The standard InChI is InChI=1S/C22H28N4O.C20H24N4O.2C19H22N4O.C19H21N3O2.C18H20N4O/c1-15-5-4-6-16(13-15)19-14-23-21-12-11-20(25-26(19)21)24-18-9-7-17(8-10-18)22(2,3)27;1-14-4-3-5-15(12-14)17-13-21-19-7-6-18(23-24(17)19)22-16-8-10-20(2,25)11-9-16;2*1-13-3-2-4-14(11-13)17-12-20-19-10-9-18(22-23(17)19)21-15-5-7-16(24)8-6-15;1-13-3-2-4-14(11-13)17-12-20-18-9-10-19(21-22(17)18)24-16-7-5-15(23)6-8-16;1-12-3-2-4-13(9-12)16-11-19-18-8-7-17(21-22(16)18)20-14-5-6-15(23)10-14/h4-6,11-14,17-18,27H,7-10H2,1-3H3,(H,24,25);3-7,12-13,16,25H,8-11H2,1-2H3,(H,22,23);2*2-4,9-12,15-16,24H,5-8H2,1H3,(H,21,22);2-4,9-12,15-16,23H,5-8H2,1H3;2-4,7-9,11,14-15,23H,5-6,10H2,1H3,(H,20,21)/t;;;;;14-,15-/m.....1/s1. The van der Waals surface area contributed by atoms with Crippen LogP contribution in [0.5, 0.6) is 5.88 Å². The van der Waals surface area contributed by atoms with E-state index in [1.807, 2.05) is 170 Å². The Bertz CT molecular complexity index is 7140. The molecule has 0 unspecified atom stereocenters. The van der Waals surface area contributed by atoms with Gasteiger partial charge >= 0.3 is 0 Å². The van der Waals surface area contributed by atoms with Crippen LogP contribution < -0.4 is 31.3 Å². The lowest BCUT2D eigenvalue weighted by Crippen LogP contribution is -2.37. The van der Waals surface area contributed by atoms with E-state index >= 15 is 0 Å². The van der Waals surface area contributed by atoms with Crippen molar-refractivity contribution in [1.82, 2.24) is 87.6 Å². The summed E-state index contributed by atoms with van der Waals surface area (Å²) >= 11 is 0. The SMILES string of the molecule is Cc1cccc(-c2cnc3ccc(NC4CCC(C(C)(C)O)CC4)nn23)c1.Cc1cccc(-c2cnc3ccc(NC4CCC(C)(O)CC4)nn23)c1.Cc1cccc(-c2cnc3ccc(NC4CCC(O)CC4)nn23)c1.Cc1cccc(-c2cnc3ccc(NC4CCC(O)CC4)nn23)c1.Cc1cccc(-c2cnc3ccc(N[C@@H]4CC[C@@H](O)C4)nn23)c1.Cc1cccc(-c2cnc3ccc(OC4CCC(O)CC4)nn23)c1. The second-order valence-corrected chi connectivity index (χ2v) is 41.9. The van der Waals surface area contributed by atoms with E-state index in [0.717, 1.165) is 278 Å². The predicted molar refractivity (Wildman–Crippen MR) is 581 cm³/mol. The van der Waals surface area contributed by atoms with Crippen molar-refractivity contribution in [3.63, 3.8) is 0 Å². The molecule has 30 nitrogen and oxygen atoms in total. The second kappa shape index (κ2) is 45.7. The molecular formula is C117H137N23O7. The maximum Gasteiger partial charge on any atom is 0.232 e. The van der Waals surface area contributed by atoms with Gasteiger partial charge in [0.1, 0.15) is 35.2 Å². The Morgan fingerprint density at radius 3 is 0.789 bits per heavy atom. The summed E-state index contributed by atoms with van der Waals surface area (Å²) in [5.41, 5.74) is 23.8. The van der Waals surface area contributed by atoms with Crippen LogP contribution in [-0.2, 0) is 0 Å². The van der Waals surface area contributed by atoms with Crippen molar-refractivity contribution in [1.29, 1.82) is 0 Å². The van der Waals surface area contributed by atoms with Gasteiger partial charge in [0.25, 0.3) is 0 Å². The average Bonchev–Trinajstić information content (AvgIpc) is 1.68. The summed E-state index contributed by atoms with van der Waals surface area (Å²) in [6.07, 6.45) is 31.8. The first kappa shape index (κ1) is 101. The first-order valence-electron chi connectivity index (χ1n) is 52.3. The molecule has 6 aromatic carbocycles. The van der Waals surface area contributed by atoms with Crippen LogP contribution in [0.15, 0.2) is 256 Å². The molecular weight excluding hydrogens is 1840 g/mol. The van der Waals surface area contributed by atoms with Crippen LogP contribution in [0.25, 0.3) is 101 Å². The molecule has 2 atom stereocenters. The van der Waals surface area contributed by atoms with Gasteiger partial charge < -0.3 is 62.0 Å². The van der Waals surface area contributed by atoms with Crippen LogP contribution >= 0.6 is 0 Å². The third-order valence-electron chi connectivity index (χ3n) is 29.3. The number of anilines is 5. The number of nitrogens with one attached hydrogen (secondary N) is 5. The number of imidazole rings is 6. The highest BCUT2D eigenvalue weighted by Gasteiger charge is 2.34. The molecule has 12 heterocycles. The first-order chi connectivity index (χ1) is 71.1. The third-order valence-corrected chi connectivity index (χ3v) is 29.3. The summed E-state index contributed by atoms with van der Waals surface area (Å²) in [7, 11) is 0. The van der Waals surface area contributed by atoms with Gasteiger partial charge in [-0.2, -0.15) is 0 Å². The van der Waals surface area contributed by atoms with Gasteiger partial charge in [-0.3, -0.25) is 0 Å². The van der Waals surface area contributed by atoms with E-state index in [1.54, 1.807) is 0 Å². The van der Waals surface area contributed by atoms with E-state index in [1.165, 1.54) is 33.4 Å². The van der Waals surface area contributed by atoms with Gasteiger partial charge in [0.05, 0.1) is 107 Å². The zero-order valence-corrected chi connectivity index (χ0v) is 85.5. The molecule has 30 heteroatoms. The van der Waals surface area contributed by atoms with Crippen molar-refractivity contribution >= 4 is 63.0 Å². The first-order valence-corrected chi connectivity index (χ1v) is 52.3. The summed E-state index contributed by atoms with van der Waals surface area (Å²) < 4.78 is 17.3. The largest absolute Gasteiger partial charge is 0.473 e. The molecule has 0 amide bonds. The smallest absolute Gasteiger partial charge is 0.232 e. The van der Waals surface area contributed by atoms with Crippen molar-refractivity contribution in [3.05, 3.63) is 289 Å². The van der Waals surface area contributed by atoms with Gasteiger partial charge in [-0.05, 0) is 319 Å². The van der Waals surface area contributed by atoms with E-state index in [2.05, 4.69) is 237 Å². The number of aryl methyl sites for hydroxylation is 6. The van der Waals surface area contributed by atoms with E-state index < -0.39 is 11.2 Å². The highest BCUT2D eigenvalue weighted by atomic mass is 16.5. The minimum atomic E-state index is -0.582. The molecule has 6 saturated carbocycles. The van der Waals surface area contributed by atoms with Crippen LogP contribution in [0.4, 0.5) is 29.1 Å². The fourth-order valence-electron chi connectivity index (χ4n) is 20.9. The molecule has 762 valence electrons. The Morgan fingerprint density at radius 1 is 0.286 bits per heavy atom. The molecule has 147 heavy (non-hydrogen) atoms. The van der Waals surface area contributed by atoms with Crippen molar-refractivity contribution in [2.45, 2.75) is 282 Å². The Hall–Kier alpha value is -14.4. The van der Waals surface area contributed by atoms with Crippen LogP contribution in [-0.4, -0.2) is 190 Å². The number of hydrogen-bond acceptors (Lipinski definition) is 24. The molecule has 0 radical (unpaired) electrons. The predicted octanol–water partition coefficient (Wildman–Crippen LogP) is 21.5. The van der Waals surface area contributed by atoms with E-state index in [0.29, 0.717) is 42.0 Å². The Balaban J connectivity index is 0.000000111. The molecule has 6 aliphatic rings. The van der Waals surface area contributed by atoms with Gasteiger partial charge in [-0.1, -0.05) is 143 Å². The van der Waals surface area contributed by atoms with Crippen molar-refractivity contribution in [3.8, 4) is 73.4 Å². The van der Waals surface area contributed by atoms with Gasteiger partial charge in [0.15, 0.2) is 33.9 Å². The summed E-state index contributed by atoms with van der Waals surface area (Å²) in [5.74, 6) is 5.26. The quantitative estimate of drug-likeness (QED) is 0.0358. The van der Waals surface area contributed by atoms with Crippen LogP contribution in [0.1, 0.15) is 202 Å². The van der Waals surface area contributed by atoms with Gasteiger partial charge in [0.2, 0.25) is 5.88 Å². The fourth-order valence-corrected chi connectivity index (χ4v) is 20.9. The molecule has 6 aliphatic carbocycles. The van der Waals surface area contributed by atoms with Crippen molar-refractivity contribution in [2.24, 2.45) is 5.92 Å². The lowest BCUT2D eigenvalue weighted by molar-refractivity contribution is -0.000429. The van der Waals surface area contributed by atoms with Crippen molar-refractivity contribution in [2.75, 3.05) is 26.6 Å². The molecule has 0 spiro atoms. The molecule has 18 aromatic rings. The molecule has 0 aliphatic heterocycles. The molecule has 24 rings (SSSR count). The maximum atomic E-state index is 10.2. The minimum absolute atomic E-state index is 0.129. The number of rotatable bonds is 19. The maximum absolute atomic E-state index is 10.2. The molecule has 0 bridgehead atoms. The molecule has 11 N–H and O–H groups in total. The normalized spacial score (nSPS) is 21.4. The lowest BCUT2D eigenvalue weighted by Gasteiger charge is -2.36. The van der Waals surface area contributed by atoms with Gasteiger partial charge in [0, 0.05) is 69.7 Å². The summed E-state index contributed by atoms with van der Waals surface area (Å²) in [6.45, 7) is 18.3. The summed E-state index contributed by atoms with van der Waals surface area (Å²) in [5, 5.41) is 105. The van der Waals surface area contributed by atoms with E-state index in [4.69, 9.17) is 30.2 Å². The van der Waals surface area contributed by atoms with E-state index in [-0.39, 0.29) is 30.5 Å². The number of aliphatic hydroxyl groups is 6. The topological polar surface area (TPSA) is 372 Å². The second-order valence-electron chi connectivity index (χ2n) is 41.9. The Morgan fingerprint density at radius 2 is 0.524 bits per heavy atom. The Labute approximate surface area is 857 Å². The number of nitrogens with zero attached hydrogens (tertiary/aromatic N) is 18. The van der Waals surface area contributed by atoms with Gasteiger partial charge in [-0.15, -0.1) is 30.6 Å². The zero-order valence-electron chi connectivity index (χ0n) is 85.5. The highest BCUT2D eigenvalue weighted by Crippen LogP contribution is 2.38. The van der Waals surface area contributed by atoms with Crippen molar-refractivity contribution < 1.29 is 35.4 Å². The van der Waals surface area contributed by atoms with Crippen LogP contribution in [0.2, 0.25) is 0 Å². The Kier molecular flexibility index (Phi) is 31.5. The molecule has 12 aromatic heterocycles. The number of aromatic nitrogens is 18. The number of benzene rings is 6. The fraction of sp³-hybridized carbons (Fsp3) is 0.385. The third kappa shape index (κ3) is 25.8. The number of ether oxygens (including phenoxy) is 1.